The summed E-state index contributed by atoms with van der Waals surface area (Å²) in [6.07, 6.45) is 0. The zero-order chi connectivity index (χ0) is 14.0. The summed E-state index contributed by atoms with van der Waals surface area (Å²) in [4.78, 5) is 12.1. The van der Waals surface area contributed by atoms with Gasteiger partial charge in [-0.15, -0.1) is 0 Å². The van der Waals surface area contributed by atoms with Crippen molar-refractivity contribution in [2.24, 2.45) is 0 Å². The number of hydrogen-bond donors (Lipinski definition) is 2. The highest BCUT2D eigenvalue weighted by atomic mass is 19.1. The van der Waals surface area contributed by atoms with Crippen molar-refractivity contribution in [2.75, 3.05) is 11.1 Å². The molecule has 19 heavy (non-hydrogen) atoms. The predicted molar refractivity (Wildman–Crippen MR) is 74.7 cm³/mol. The zero-order valence-corrected chi connectivity index (χ0v) is 10.8. The Bertz CT molecular complexity index is 638. The molecule has 0 heterocycles. The lowest BCUT2D eigenvalue weighted by molar-refractivity contribution is 0.102. The summed E-state index contributed by atoms with van der Waals surface area (Å²) in [5, 5.41) is 2.68. The van der Waals surface area contributed by atoms with Crippen LogP contribution in [0.25, 0.3) is 0 Å². The molecule has 0 aliphatic heterocycles. The van der Waals surface area contributed by atoms with Crippen LogP contribution in [0.15, 0.2) is 36.4 Å². The first kappa shape index (κ1) is 13.1. The highest BCUT2D eigenvalue weighted by Gasteiger charge is 2.14. The lowest BCUT2D eigenvalue weighted by atomic mass is 10.1. The lowest BCUT2D eigenvalue weighted by Crippen LogP contribution is -2.15. The molecule has 0 saturated heterocycles. The summed E-state index contributed by atoms with van der Waals surface area (Å²) in [7, 11) is 0. The van der Waals surface area contributed by atoms with Crippen LogP contribution in [0.1, 0.15) is 21.5 Å². The maximum Gasteiger partial charge on any atom is 0.258 e. The van der Waals surface area contributed by atoms with Crippen molar-refractivity contribution in [2.45, 2.75) is 13.8 Å². The Labute approximate surface area is 111 Å². The minimum absolute atomic E-state index is 0.0295. The van der Waals surface area contributed by atoms with Gasteiger partial charge in [-0.1, -0.05) is 18.2 Å². The molecule has 0 spiro atoms. The number of hydrogen-bond acceptors (Lipinski definition) is 2. The lowest BCUT2D eigenvalue weighted by Gasteiger charge is -2.11. The highest BCUT2D eigenvalue weighted by molar-refractivity contribution is 6.05. The van der Waals surface area contributed by atoms with Crippen molar-refractivity contribution in [3.05, 3.63) is 58.9 Å². The van der Waals surface area contributed by atoms with Crippen LogP contribution in [0.2, 0.25) is 0 Å². The van der Waals surface area contributed by atoms with E-state index >= 15 is 0 Å². The molecule has 0 aromatic heterocycles. The van der Waals surface area contributed by atoms with E-state index in [0.29, 0.717) is 16.9 Å². The number of benzene rings is 2. The minimum Gasteiger partial charge on any atom is -0.398 e. The molecular weight excluding hydrogens is 243 g/mol. The predicted octanol–water partition coefficient (Wildman–Crippen LogP) is 3.28. The number of rotatable bonds is 2. The van der Waals surface area contributed by atoms with Gasteiger partial charge in [-0.2, -0.15) is 0 Å². The fraction of sp³-hybridized carbons (Fsp3) is 0.133. The largest absolute Gasteiger partial charge is 0.398 e. The van der Waals surface area contributed by atoms with Crippen LogP contribution in [0, 0.1) is 19.7 Å². The molecule has 3 nitrogen and oxygen atoms in total. The van der Waals surface area contributed by atoms with E-state index < -0.39 is 11.7 Å². The number of carbonyl (C=O) groups excluding carboxylic acids is 1. The average Bonchev–Trinajstić information content (AvgIpc) is 2.38. The average molecular weight is 258 g/mol. The van der Waals surface area contributed by atoms with Gasteiger partial charge in [-0.25, -0.2) is 4.39 Å². The second-order valence-electron chi connectivity index (χ2n) is 4.41. The van der Waals surface area contributed by atoms with Gasteiger partial charge in [0.1, 0.15) is 5.82 Å². The number of nitrogens with one attached hydrogen (secondary N) is 1. The number of carbonyl (C=O) groups is 1. The van der Waals surface area contributed by atoms with Gasteiger partial charge in [0.25, 0.3) is 5.91 Å². The molecule has 0 fully saturated rings. The fourth-order valence-corrected chi connectivity index (χ4v) is 1.80. The van der Waals surface area contributed by atoms with E-state index in [4.69, 9.17) is 5.73 Å². The van der Waals surface area contributed by atoms with Gasteiger partial charge in [0.05, 0.1) is 5.56 Å². The van der Waals surface area contributed by atoms with Crippen molar-refractivity contribution in [3.63, 3.8) is 0 Å². The number of anilines is 2. The van der Waals surface area contributed by atoms with Gasteiger partial charge in [0.2, 0.25) is 0 Å². The summed E-state index contributed by atoms with van der Waals surface area (Å²) in [5.41, 5.74) is 8.18. The van der Waals surface area contributed by atoms with Crippen LogP contribution in [0.5, 0.6) is 0 Å². The number of nitrogens with two attached hydrogens (primary N) is 1. The van der Waals surface area contributed by atoms with E-state index in [9.17, 15) is 9.18 Å². The molecule has 0 bridgehead atoms. The van der Waals surface area contributed by atoms with Crippen LogP contribution in [0.4, 0.5) is 15.8 Å². The molecule has 0 aliphatic rings. The monoisotopic (exact) mass is 258 g/mol. The molecule has 3 N–H and O–H groups in total. The first-order chi connectivity index (χ1) is 9.00. The Hall–Kier alpha value is -2.36. The highest BCUT2D eigenvalue weighted by Crippen LogP contribution is 2.22. The molecule has 0 unspecified atom stereocenters. The Morgan fingerprint density at radius 3 is 2.58 bits per heavy atom. The van der Waals surface area contributed by atoms with Gasteiger partial charge >= 0.3 is 0 Å². The van der Waals surface area contributed by atoms with Crippen LogP contribution in [-0.2, 0) is 0 Å². The Morgan fingerprint density at radius 1 is 1.16 bits per heavy atom. The van der Waals surface area contributed by atoms with E-state index in [1.165, 1.54) is 6.07 Å². The van der Waals surface area contributed by atoms with Crippen LogP contribution in [0.3, 0.4) is 0 Å². The number of aryl methyl sites for hydroxylation is 1. The van der Waals surface area contributed by atoms with E-state index in [1.54, 1.807) is 44.2 Å². The molecule has 98 valence electrons. The van der Waals surface area contributed by atoms with E-state index in [2.05, 4.69) is 5.32 Å². The molecule has 0 saturated carbocycles. The van der Waals surface area contributed by atoms with Gasteiger partial charge < -0.3 is 11.1 Å². The van der Waals surface area contributed by atoms with Gasteiger partial charge in [0.15, 0.2) is 0 Å². The van der Waals surface area contributed by atoms with Crippen LogP contribution >= 0.6 is 0 Å². The van der Waals surface area contributed by atoms with Crippen molar-refractivity contribution in [1.29, 1.82) is 0 Å². The van der Waals surface area contributed by atoms with Gasteiger partial charge in [-0.05, 0) is 43.2 Å². The molecule has 4 heteroatoms. The second kappa shape index (κ2) is 5.10. The summed E-state index contributed by atoms with van der Waals surface area (Å²) >= 11 is 0. The molecular formula is C15H15FN2O. The Balaban J connectivity index is 2.31. The topological polar surface area (TPSA) is 55.1 Å². The first-order valence-electron chi connectivity index (χ1n) is 5.92. The number of nitrogen functional groups attached to an aromatic ring is 1. The van der Waals surface area contributed by atoms with Crippen molar-refractivity contribution in [1.82, 2.24) is 0 Å². The van der Waals surface area contributed by atoms with Crippen molar-refractivity contribution >= 4 is 17.3 Å². The third-order valence-electron chi connectivity index (χ3n) is 3.06. The van der Waals surface area contributed by atoms with Crippen LogP contribution in [-0.4, -0.2) is 5.91 Å². The maximum atomic E-state index is 13.8. The molecule has 2 aromatic carbocycles. The second-order valence-corrected chi connectivity index (χ2v) is 4.41. The van der Waals surface area contributed by atoms with E-state index in [-0.39, 0.29) is 5.56 Å². The SMILES string of the molecule is Cc1cccc(C(=O)Nc2cccc(N)c2C)c1F. The third-order valence-corrected chi connectivity index (χ3v) is 3.06. The van der Waals surface area contributed by atoms with Gasteiger partial charge in [-0.3, -0.25) is 4.79 Å². The van der Waals surface area contributed by atoms with Crippen molar-refractivity contribution < 1.29 is 9.18 Å². The van der Waals surface area contributed by atoms with Gasteiger partial charge in [0, 0.05) is 11.4 Å². The molecule has 0 atom stereocenters. The maximum absolute atomic E-state index is 13.8. The Kier molecular flexibility index (Phi) is 3.51. The third kappa shape index (κ3) is 2.57. The summed E-state index contributed by atoms with van der Waals surface area (Å²) < 4.78 is 13.8. The molecule has 1 amide bonds. The zero-order valence-electron chi connectivity index (χ0n) is 10.8. The number of halogens is 1. The van der Waals surface area contributed by atoms with Crippen molar-refractivity contribution in [3.8, 4) is 0 Å². The number of amides is 1. The van der Waals surface area contributed by atoms with Crippen LogP contribution < -0.4 is 11.1 Å². The summed E-state index contributed by atoms with van der Waals surface area (Å²) in [5.74, 6) is -0.976. The summed E-state index contributed by atoms with van der Waals surface area (Å²) in [6.45, 7) is 3.43. The van der Waals surface area contributed by atoms with E-state index in [1.807, 2.05) is 0 Å². The Morgan fingerprint density at radius 2 is 1.84 bits per heavy atom. The molecule has 0 radical (unpaired) electrons. The minimum atomic E-state index is -0.499. The van der Waals surface area contributed by atoms with E-state index in [0.717, 1.165) is 5.56 Å². The standard InChI is InChI=1S/C15H15FN2O/c1-9-5-3-6-11(14(9)16)15(19)18-13-8-4-7-12(17)10(13)2/h3-8H,17H2,1-2H3,(H,18,19). The normalized spacial score (nSPS) is 10.3. The molecule has 0 aliphatic carbocycles. The quantitative estimate of drug-likeness (QED) is 0.812. The smallest absolute Gasteiger partial charge is 0.258 e. The first-order valence-corrected chi connectivity index (χ1v) is 5.92. The molecule has 2 rings (SSSR count). The molecule has 2 aromatic rings. The summed E-state index contributed by atoms with van der Waals surface area (Å²) in [6, 6.07) is 9.96. The fourth-order valence-electron chi connectivity index (χ4n) is 1.80.